The van der Waals surface area contributed by atoms with Crippen LogP contribution in [0.2, 0.25) is 0 Å². The Morgan fingerprint density at radius 1 is 1.73 bits per heavy atom. The first-order valence-corrected chi connectivity index (χ1v) is 4.05. The SMILES string of the molecule is CCNc1cnc(Br)nc1N. The third-order valence-electron chi connectivity index (χ3n) is 1.16. The summed E-state index contributed by atoms with van der Waals surface area (Å²) < 4.78 is 0.511. The van der Waals surface area contributed by atoms with E-state index in [1.165, 1.54) is 0 Å². The Bertz CT molecular complexity index is 250. The minimum atomic E-state index is 0.466. The highest BCUT2D eigenvalue weighted by atomic mass is 79.9. The van der Waals surface area contributed by atoms with Gasteiger partial charge in [-0.05, 0) is 22.9 Å². The highest BCUT2D eigenvalue weighted by Crippen LogP contribution is 2.15. The lowest BCUT2D eigenvalue weighted by Gasteiger charge is -2.04. The molecule has 1 aromatic rings. The fourth-order valence-electron chi connectivity index (χ4n) is 0.699. The van der Waals surface area contributed by atoms with E-state index in [1.807, 2.05) is 6.92 Å². The molecular weight excluding hydrogens is 208 g/mol. The highest BCUT2D eigenvalue weighted by molar-refractivity contribution is 9.10. The second-order valence-corrected chi connectivity index (χ2v) is 2.68. The van der Waals surface area contributed by atoms with E-state index in [0.29, 0.717) is 10.6 Å². The van der Waals surface area contributed by atoms with Gasteiger partial charge < -0.3 is 11.1 Å². The van der Waals surface area contributed by atoms with Crippen molar-refractivity contribution in [3.8, 4) is 0 Å². The quantitative estimate of drug-likeness (QED) is 0.731. The van der Waals surface area contributed by atoms with Crippen LogP contribution in [0.5, 0.6) is 0 Å². The van der Waals surface area contributed by atoms with Gasteiger partial charge in [-0.15, -0.1) is 0 Å². The smallest absolute Gasteiger partial charge is 0.198 e. The number of rotatable bonds is 2. The van der Waals surface area contributed by atoms with Crippen molar-refractivity contribution in [1.29, 1.82) is 0 Å². The van der Waals surface area contributed by atoms with E-state index in [9.17, 15) is 0 Å². The third kappa shape index (κ3) is 2.04. The van der Waals surface area contributed by atoms with Crippen LogP contribution in [0.4, 0.5) is 11.5 Å². The fourth-order valence-corrected chi connectivity index (χ4v) is 0.993. The summed E-state index contributed by atoms with van der Waals surface area (Å²) in [5, 5.41) is 3.03. The van der Waals surface area contributed by atoms with Crippen molar-refractivity contribution in [3.05, 3.63) is 10.9 Å². The summed E-state index contributed by atoms with van der Waals surface area (Å²) in [5.41, 5.74) is 6.34. The van der Waals surface area contributed by atoms with Gasteiger partial charge in [-0.1, -0.05) is 0 Å². The average Bonchev–Trinajstić information content (AvgIpc) is 1.95. The largest absolute Gasteiger partial charge is 0.382 e. The van der Waals surface area contributed by atoms with Crippen LogP contribution in [0, 0.1) is 0 Å². The molecule has 0 bridgehead atoms. The highest BCUT2D eigenvalue weighted by Gasteiger charge is 1.99. The summed E-state index contributed by atoms with van der Waals surface area (Å²) in [5.74, 6) is 0.466. The second-order valence-electron chi connectivity index (χ2n) is 1.97. The van der Waals surface area contributed by atoms with Gasteiger partial charge in [0, 0.05) is 6.54 Å². The molecule has 0 unspecified atom stereocenters. The Morgan fingerprint density at radius 2 is 2.45 bits per heavy atom. The van der Waals surface area contributed by atoms with Crippen LogP contribution in [0.1, 0.15) is 6.92 Å². The second kappa shape index (κ2) is 3.52. The van der Waals surface area contributed by atoms with Gasteiger partial charge in [-0.3, -0.25) is 0 Å². The van der Waals surface area contributed by atoms with Gasteiger partial charge in [0.05, 0.1) is 11.9 Å². The predicted molar refractivity (Wildman–Crippen MR) is 48.3 cm³/mol. The minimum Gasteiger partial charge on any atom is -0.382 e. The molecule has 1 heterocycles. The maximum absolute atomic E-state index is 5.56. The summed E-state index contributed by atoms with van der Waals surface area (Å²) in [4.78, 5) is 7.83. The van der Waals surface area contributed by atoms with Crippen molar-refractivity contribution >= 4 is 27.4 Å². The van der Waals surface area contributed by atoms with E-state index in [0.717, 1.165) is 12.2 Å². The van der Waals surface area contributed by atoms with Crippen LogP contribution in [-0.4, -0.2) is 16.5 Å². The number of aromatic nitrogens is 2. The molecule has 3 N–H and O–H groups in total. The van der Waals surface area contributed by atoms with Gasteiger partial charge in [-0.25, -0.2) is 9.97 Å². The molecule has 1 aromatic heterocycles. The van der Waals surface area contributed by atoms with Crippen LogP contribution in [0.25, 0.3) is 0 Å². The minimum absolute atomic E-state index is 0.466. The molecule has 11 heavy (non-hydrogen) atoms. The first kappa shape index (κ1) is 8.26. The molecule has 1 rings (SSSR count). The molecule has 0 aliphatic heterocycles. The van der Waals surface area contributed by atoms with Crippen molar-refractivity contribution in [2.75, 3.05) is 17.6 Å². The lowest BCUT2D eigenvalue weighted by atomic mass is 10.5. The number of hydrogen-bond donors (Lipinski definition) is 2. The third-order valence-corrected chi connectivity index (χ3v) is 1.54. The van der Waals surface area contributed by atoms with Gasteiger partial charge in [0.1, 0.15) is 0 Å². The first-order valence-electron chi connectivity index (χ1n) is 3.26. The molecule has 0 atom stereocenters. The molecule has 4 nitrogen and oxygen atoms in total. The number of nitrogens with zero attached hydrogens (tertiary/aromatic N) is 2. The molecule has 0 aliphatic carbocycles. The van der Waals surface area contributed by atoms with Crippen molar-refractivity contribution in [3.63, 3.8) is 0 Å². The van der Waals surface area contributed by atoms with E-state index in [4.69, 9.17) is 5.73 Å². The first-order chi connectivity index (χ1) is 5.24. The molecule has 0 aliphatic rings. The zero-order chi connectivity index (χ0) is 8.27. The lowest BCUT2D eigenvalue weighted by Crippen LogP contribution is -2.03. The Kier molecular flexibility index (Phi) is 2.64. The van der Waals surface area contributed by atoms with E-state index in [2.05, 4.69) is 31.2 Å². The molecule has 0 fully saturated rings. The zero-order valence-electron chi connectivity index (χ0n) is 6.13. The molecular formula is C6H9BrN4. The van der Waals surface area contributed by atoms with E-state index >= 15 is 0 Å². The Labute approximate surface area is 73.4 Å². The van der Waals surface area contributed by atoms with Crippen LogP contribution < -0.4 is 11.1 Å². The lowest BCUT2D eigenvalue weighted by molar-refractivity contribution is 1.10. The molecule has 0 amide bonds. The van der Waals surface area contributed by atoms with Crippen LogP contribution in [0.3, 0.4) is 0 Å². The number of anilines is 2. The predicted octanol–water partition coefficient (Wildman–Crippen LogP) is 1.25. The van der Waals surface area contributed by atoms with Crippen LogP contribution in [0.15, 0.2) is 10.9 Å². The molecule has 0 spiro atoms. The summed E-state index contributed by atoms with van der Waals surface area (Å²) in [6, 6.07) is 0. The van der Waals surface area contributed by atoms with Crippen LogP contribution >= 0.6 is 15.9 Å². The van der Waals surface area contributed by atoms with Crippen molar-refractivity contribution in [1.82, 2.24) is 9.97 Å². The molecule has 0 aromatic carbocycles. The number of halogens is 1. The van der Waals surface area contributed by atoms with Gasteiger partial charge in [0.15, 0.2) is 10.6 Å². The van der Waals surface area contributed by atoms with E-state index in [-0.39, 0.29) is 0 Å². The summed E-state index contributed by atoms with van der Waals surface area (Å²) in [6.07, 6.45) is 1.65. The molecule has 0 saturated carbocycles. The van der Waals surface area contributed by atoms with Crippen molar-refractivity contribution in [2.24, 2.45) is 0 Å². The van der Waals surface area contributed by atoms with Gasteiger partial charge in [0.2, 0.25) is 0 Å². The average molecular weight is 217 g/mol. The number of nitrogens with two attached hydrogens (primary N) is 1. The molecule has 0 saturated heterocycles. The number of nitrogens with one attached hydrogen (secondary N) is 1. The van der Waals surface area contributed by atoms with Gasteiger partial charge >= 0.3 is 0 Å². The molecule has 0 radical (unpaired) electrons. The standard InChI is InChI=1S/C6H9BrN4/c1-2-9-4-3-10-6(7)11-5(4)8/h3,9H,2H2,1H3,(H2,8,10,11). The zero-order valence-corrected chi connectivity index (χ0v) is 7.72. The van der Waals surface area contributed by atoms with Gasteiger partial charge in [-0.2, -0.15) is 0 Å². The van der Waals surface area contributed by atoms with Gasteiger partial charge in [0.25, 0.3) is 0 Å². The van der Waals surface area contributed by atoms with Crippen molar-refractivity contribution < 1.29 is 0 Å². The topological polar surface area (TPSA) is 63.8 Å². The molecule has 5 heteroatoms. The maximum Gasteiger partial charge on any atom is 0.198 e. The van der Waals surface area contributed by atoms with E-state index in [1.54, 1.807) is 6.20 Å². The summed E-state index contributed by atoms with van der Waals surface area (Å²) in [7, 11) is 0. The fraction of sp³-hybridized carbons (Fsp3) is 0.333. The molecule has 60 valence electrons. The Morgan fingerprint density at radius 3 is 3.00 bits per heavy atom. The normalized spacial score (nSPS) is 9.64. The Hall–Kier alpha value is -0.840. The summed E-state index contributed by atoms with van der Waals surface area (Å²) >= 11 is 3.12. The van der Waals surface area contributed by atoms with E-state index < -0.39 is 0 Å². The maximum atomic E-state index is 5.56. The Balaban J connectivity index is 2.90. The number of nitrogen functional groups attached to an aromatic ring is 1. The van der Waals surface area contributed by atoms with Crippen LogP contribution in [-0.2, 0) is 0 Å². The summed E-state index contributed by atoms with van der Waals surface area (Å²) in [6.45, 7) is 2.80. The monoisotopic (exact) mass is 216 g/mol. The number of hydrogen-bond acceptors (Lipinski definition) is 4. The van der Waals surface area contributed by atoms with Crippen molar-refractivity contribution in [2.45, 2.75) is 6.92 Å².